The van der Waals surface area contributed by atoms with Crippen LogP contribution in [0.15, 0.2) is 83.9 Å². The standard InChI is InChI=1S/C32H27BN2O5/c1-40-29-15-24(23(14-28(29)36)21-8-4-5-9-22(21)32(37)38)31-26-13-19-6-2-3-7-20(19)30(26)25-12-18(16-34-17-33-39)10-11-27(25)35-31/h2-12,14-15,17,26,30-31,35-36H,13,16H2,1H3,(H,37,38)/t26-,30-,31?/m1/s1. The second-order valence-corrected chi connectivity index (χ2v) is 10.2. The molecule has 4 aromatic carbocycles. The Morgan fingerprint density at radius 2 is 1.82 bits per heavy atom. The van der Waals surface area contributed by atoms with E-state index >= 15 is 0 Å². The molecule has 7 nitrogen and oxygen atoms in total. The van der Waals surface area contributed by atoms with Crippen LogP contribution in [-0.4, -0.2) is 36.6 Å². The van der Waals surface area contributed by atoms with E-state index in [2.05, 4.69) is 40.6 Å². The summed E-state index contributed by atoms with van der Waals surface area (Å²) in [5, 5.41) is 24.5. The van der Waals surface area contributed by atoms with E-state index in [1.807, 2.05) is 18.2 Å². The second kappa shape index (κ2) is 10.5. The number of fused-ring (bicyclic) bond motifs is 5. The van der Waals surface area contributed by atoms with Crippen molar-refractivity contribution in [3.05, 3.63) is 112 Å². The summed E-state index contributed by atoms with van der Waals surface area (Å²) in [7, 11) is 2.19. The molecule has 0 bridgehead atoms. The third-order valence-corrected chi connectivity index (χ3v) is 8.04. The molecule has 198 valence electrons. The number of carbonyl (C=O) groups is 1. The number of hydrogen-bond donors (Lipinski definition) is 3. The molecular formula is C32H27BN2O5. The van der Waals surface area contributed by atoms with E-state index in [1.54, 1.807) is 30.3 Å². The van der Waals surface area contributed by atoms with Crippen LogP contribution < -0.4 is 10.1 Å². The van der Waals surface area contributed by atoms with Crippen molar-refractivity contribution < 1.29 is 24.4 Å². The molecule has 3 atom stereocenters. The van der Waals surface area contributed by atoms with Crippen LogP contribution in [0, 0.1) is 5.92 Å². The molecule has 0 amide bonds. The summed E-state index contributed by atoms with van der Waals surface area (Å²) >= 11 is 0. The smallest absolute Gasteiger partial charge is 0.504 e. The van der Waals surface area contributed by atoms with Gasteiger partial charge in [0.25, 0.3) is 0 Å². The molecule has 0 fully saturated rings. The van der Waals surface area contributed by atoms with Crippen LogP contribution >= 0.6 is 0 Å². The van der Waals surface area contributed by atoms with Gasteiger partial charge in [0.05, 0.1) is 12.7 Å². The minimum atomic E-state index is -1.03. The van der Waals surface area contributed by atoms with Crippen molar-refractivity contribution in [3.63, 3.8) is 0 Å². The predicted octanol–water partition coefficient (Wildman–Crippen LogP) is 5.82. The van der Waals surface area contributed by atoms with Crippen molar-refractivity contribution in [2.45, 2.75) is 24.9 Å². The number of phenols is 1. The third-order valence-electron chi connectivity index (χ3n) is 8.04. The van der Waals surface area contributed by atoms with Gasteiger partial charge in [-0.25, -0.2) is 4.79 Å². The van der Waals surface area contributed by atoms with Gasteiger partial charge in [0.15, 0.2) is 5.75 Å². The Balaban J connectivity index is 1.54. The number of hydrogen-bond acceptors (Lipinski definition) is 6. The molecule has 3 N–H and O–H groups in total. The van der Waals surface area contributed by atoms with E-state index in [0.29, 0.717) is 30.6 Å². The summed E-state index contributed by atoms with van der Waals surface area (Å²) in [4.78, 5) is 16.4. The summed E-state index contributed by atoms with van der Waals surface area (Å²) in [5.41, 5.74) is 7.92. The number of carboxylic acid groups (broad SMARTS) is 1. The number of benzene rings is 4. The molecule has 0 aromatic heterocycles. The molecule has 1 aliphatic heterocycles. The molecular weight excluding hydrogens is 503 g/mol. The zero-order chi connectivity index (χ0) is 27.8. The second-order valence-electron chi connectivity index (χ2n) is 10.2. The Kier molecular flexibility index (Phi) is 6.68. The van der Waals surface area contributed by atoms with Crippen LogP contribution in [0.3, 0.4) is 0 Å². The summed E-state index contributed by atoms with van der Waals surface area (Å²) < 4.78 is 16.2. The minimum Gasteiger partial charge on any atom is -0.504 e. The predicted molar refractivity (Wildman–Crippen MR) is 154 cm³/mol. The monoisotopic (exact) mass is 530 g/mol. The SMILES string of the molecule is COc1cc(C2Nc3ccc(CN=CB=O)cc3[C@H]3c4ccccc4C[C@@H]23)c(-c2ccccc2C(=O)O)cc1O. The Morgan fingerprint density at radius 1 is 1.02 bits per heavy atom. The van der Waals surface area contributed by atoms with Gasteiger partial charge in [0.2, 0.25) is 0 Å². The number of aromatic hydroxyl groups is 1. The molecule has 8 heteroatoms. The normalized spacial score (nSPS) is 18.8. The van der Waals surface area contributed by atoms with Gasteiger partial charge in [0.1, 0.15) is 0 Å². The Hall–Kier alpha value is -4.72. The van der Waals surface area contributed by atoms with E-state index in [4.69, 9.17) is 4.74 Å². The number of nitrogens with zero attached hydrogens (tertiary/aromatic N) is 1. The summed E-state index contributed by atoms with van der Waals surface area (Å²) in [6.07, 6.45) is 2.10. The zero-order valence-corrected chi connectivity index (χ0v) is 21.9. The Labute approximate surface area is 232 Å². The maximum atomic E-state index is 12.2. The third kappa shape index (κ3) is 4.35. The molecule has 0 spiro atoms. The average molecular weight is 530 g/mol. The topological polar surface area (TPSA) is 108 Å². The van der Waals surface area contributed by atoms with Gasteiger partial charge in [-0.1, -0.05) is 18.2 Å². The summed E-state index contributed by atoms with van der Waals surface area (Å²) in [5.74, 6) is -0.549. The number of aliphatic imine (C=N–C) groups is 1. The number of ether oxygens (including phenoxy) is 1. The summed E-state index contributed by atoms with van der Waals surface area (Å²) in [6, 6.07) is 24.8. The molecule has 40 heavy (non-hydrogen) atoms. The zero-order valence-electron chi connectivity index (χ0n) is 21.9. The van der Waals surface area contributed by atoms with Gasteiger partial charge < -0.3 is 14.9 Å². The molecule has 1 unspecified atom stereocenters. The van der Waals surface area contributed by atoms with Crippen LogP contribution in [-0.2, 0) is 17.7 Å². The van der Waals surface area contributed by atoms with Gasteiger partial charge >= 0.3 is 170 Å². The first-order chi connectivity index (χ1) is 19.5. The van der Waals surface area contributed by atoms with Crippen molar-refractivity contribution >= 4 is 24.9 Å². The van der Waals surface area contributed by atoms with E-state index in [9.17, 15) is 19.7 Å². The first-order valence-electron chi connectivity index (χ1n) is 13.1. The number of anilines is 1. The quantitative estimate of drug-likeness (QED) is 0.206. The molecule has 6 rings (SSSR count). The minimum absolute atomic E-state index is 0.0515. The van der Waals surface area contributed by atoms with Crippen LogP contribution in [0.2, 0.25) is 0 Å². The maximum absolute atomic E-state index is 12.2. The van der Waals surface area contributed by atoms with Crippen molar-refractivity contribution in [3.8, 4) is 22.6 Å². The molecule has 0 radical (unpaired) electrons. The molecule has 1 heterocycles. The fourth-order valence-corrected chi connectivity index (χ4v) is 6.36. The van der Waals surface area contributed by atoms with E-state index in [0.717, 1.165) is 23.2 Å². The number of aromatic carboxylic acids is 1. The Bertz CT molecular complexity index is 1670. The van der Waals surface area contributed by atoms with Crippen molar-refractivity contribution in [2.75, 3.05) is 12.4 Å². The molecule has 0 saturated heterocycles. The molecule has 0 saturated carbocycles. The van der Waals surface area contributed by atoms with Gasteiger partial charge in [-0.05, 0) is 6.07 Å². The Morgan fingerprint density at radius 3 is 2.62 bits per heavy atom. The first-order valence-corrected chi connectivity index (χ1v) is 13.1. The van der Waals surface area contributed by atoms with Gasteiger partial charge in [-0.2, -0.15) is 0 Å². The van der Waals surface area contributed by atoms with Gasteiger partial charge in [-0.3, -0.25) is 0 Å². The van der Waals surface area contributed by atoms with E-state index in [1.165, 1.54) is 29.9 Å². The van der Waals surface area contributed by atoms with Crippen LogP contribution in [0.1, 0.15) is 50.1 Å². The number of rotatable bonds is 7. The number of phenolic OH excluding ortho intramolecular Hbond substituents is 1. The van der Waals surface area contributed by atoms with Crippen molar-refractivity contribution in [1.29, 1.82) is 0 Å². The number of methoxy groups -OCH3 is 1. The molecule has 4 aromatic rings. The number of nitrogens with one attached hydrogen (secondary N) is 1. The average Bonchev–Trinajstić information content (AvgIpc) is 3.37. The molecule has 2 aliphatic rings. The van der Waals surface area contributed by atoms with Crippen LogP contribution in [0.5, 0.6) is 11.5 Å². The van der Waals surface area contributed by atoms with Crippen molar-refractivity contribution in [2.24, 2.45) is 10.9 Å². The van der Waals surface area contributed by atoms with Gasteiger partial charge in [0, 0.05) is 0 Å². The van der Waals surface area contributed by atoms with E-state index in [-0.39, 0.29) is 29.2 Å². The van der Waals surface area contributed by atoms with Crippen molar-refractivity contribution in [1.82, 2.24) is 0 Å². The molecule has 1 aliphatic carbocycles. The number of carboxylic acids is 1. The fraction of sp³-hybridized carbons (Fsp3) is 0.188. The van der Waals surface area contributed by atoms with Crippen LogP contribution in [0.25, 0.3) is 11.1 Å². The summed E-state index contributed by atoms with van der Waals surface area (Å²) in [6.45, 7) is 0.416. The van der Waals surface area contributed by atoms with Crippen LogP contribution in [0.4, 0.5) is 5.69 Å². The van der Waals surface area contributed by atoms with E-state index < -0.39 is 5.97 Å². The van der Waals surface area contributed by atoms with Gasteiger partial charge in [-0.15, -0.1) is 0 Å². The fourth-order valence-electron chi connectivity index (χ4n) is 6.36. The first kappa shape index (κ1) is 25.6.